The maximum Gasteiger partial charge on any atom is 0.231 e. The Labute approximate surface area is 144 Å². The molecule has 10 heteroatoms. The molecule has 0 amide bonds. The third-order valence-corrected chi connectivity index (χ3v) is 4.27. The molecule has 4 aromatic heterocycles. The van der Waals surface area contributed by atoms with Crippen LogP contribution in [0.3, 0.4) is 0 Å². The van der Waals surface area contributed by atoms with E-state index in [0.29, 0.717) is 28.6 Å². The molecule has 0 aliphatic carbocycles. The predicted molar refractivity (Wildman–Crippen MR) is 89.6 cm³/mol. The summed E-state index contributed by atoms with van der Waals surface area (Å²) in [6.07, 6.45) is 3.28. The average molecular weight is 346 g/mol. The number of rotatable bonds is 2. The molecule has 1 aromatic carbocycles. The Kier molecular flexibility index (Phi) is 2.46. The van der Waals surface area contributed by atoms with Crippen LogP contribution in [0.1, 0.15) is 0 Å². The van der Waals surface area contributed by atoms with Crippen LogP contribution < -0.4 is 9.47 Å². The summed E-state index contributed by atoms with van der Waals surface area (Å²) in [5.74, 6) is 1.98. The number of hydrogen-bond acceptors (Lipinski definition) is 7. The van der Waals surface area contributed by atoms with Gasteiger partial charge in [0.25, 0.3) is 0 Å². The molecule has 1 aliphatic rings. The molecule has 0 saturated carbocycles. The molecule has 6 rings (SSSR count). The monoisotopic (exact) mass is 346 g/mol. The highest BCUT2D eigenvalue weighted by molar-refractivity contribution is 5.88. The predicted octanol–water partition coefficient (Wildman–Crippen LogP) is 1.79. The molecule has 0 bridgehead atoms. The van der Waals surface area contributed by atoms with E-state index in [4.69, 9.17) is 9.47 Å². The number of hydrogen-bond donors (Lipinski definition) is 2. The van der Waals surface area contributed by atoms with Crippen LogP contribution in [0, 0.1) is 0 Å². The second-order valence-corrected chi connectivity index (χ2v) is 5.82. The lowest BCUT2D eigenvalue weighted by Crippen LogP contribution is -1.92. The van der Waals surface area contributed by atoms with Gasteiger partial charge in [-0.1, -0.05) is 0 Å². The molecule has 0 spiro atoms. The van der Waals surface area contributed by atoms with Gasteiger partial charge in [-0.3, -0.25) is 10.2 Å². The number of benzene rings is 1. The van der Waals surface area contributed by atoms with Gasteiger partial charge in [0.15, 0.2) is 28.6 Å². The summed E-state index contributed by atoms with van der Waals surface area (Å²) in [5.41, 5.74) is 3.74. The summed E-state index contributed by atoms with van der Waals surface area (Å²) >= 11 is 0. The minimum Gasteiger partial charge on any atom is -0.454 e. The first-order valence-electron chi connectivity index (χ1n) is 7.85. The van der Waals surface area contributed by atoms with E-state index in [-0.39, 0.29) is 6.79 Å². The quantitative estimate of drug-likeness (QED) is 0.500. The molecule has 2 N–H and O–H groups in total. The molecular formula is C16H10N8O2. The number of fused-ring (bicyclic) bond motifs is 4. The van der Waals surface area contributed by atoms with Gasteiger partial charge in [-0.05, 0) is 24.3 Å². The van der Waals surface area contributed by atoms with Gasteiger partial charge in [0.1, 0.15) is 12.0 Å². The maximum atomic E-state index is 5.42. The summed E-state index contributed by atoms with van der Waals surface area (Å²) < 4.78 is 12.4. The van der Waals surface area contributed by atoms with Gasteiger partial charge in [-0.2, -0.15) is 10.2 Å². The Balaban J connectivity index is 1.44. The van der Waals surface area contributed by atoms with Crippen molar-refractivity contribution in [3.8, 4) is 34.3 Å². The first kappa shape index (κ1) is 13.4. The van der Waals surface area contributed by atoms with Crippen molar-refractivity contribution in [1.29, 1.82) is 0 Å². The lowest BCUT2D eigenvalue weighted by molar-refractivity contribution is 0.174. The Hall–Kier alpha value is -3.95. The van der Waals surface area contributed by atoms with Crippen LogP contribution in [0.25, 0.3) is 39.5 Å². The van der Waals surface area contributed by atoms with E-state index in [2.05, 4.69) is 35.5 Å². The summed E-state index contributed by atoms with van der Waals surface area (Å²) in [6, 6.07) is 7.60. The molecule has 0 fully saturated rings. The third kappa shape index (κ3) is 1.83. The van der Waals surface area contributed by atoms with E-state index in [0.717, 1.165) is 22.4 Å². The zero-order valence-corrected chi connectivity index (χ0v) is 13.2. The molecule has 5 aromatic rings. The average Bonchev–Trinajstić information content (AvgIpc) is 3.45. The lowest BCUT2D eigenvalue weighted by atomic mass is 10.1. The summed E-state index contributed by atoms with van der Waals surface area (Å²) in [6.45, 7) is 0.242. The highest BCUT2D eigenvalue weighted by atomic mass is 16.7. The first-order chi connectivity index (χ1) is 12.8. The number of aromatic amines is 2. The molecule has 126 valence electrons. The first-order valence-corrected chi connectivity index (χ1v) is 7.85. The van der Waals surface area contributed by atoms with Crippen molar-refractivity contribution in [3.63, 3.8) is 0 Å². The topological polar surface area (TPSA) is 119 Å². The molecule has 0 unspecified atom stereocenters. The van der Waals surface area contributed by atoms with Crippen molar-refractivity contribution in [2.75, 3.05) is 6.79 Å². The maximum absolute atomic E-state index is 5.42. The largest absolute Gasteiger partial charge is 0.454 e. The molecule has 0 atom stereocenters. The van der Waals surface area contributed by atoms with Gasteiger partial charge in [0, 0.05) is 5.56 Å². The second kappa shape index (κ2) is 4.79. The number of H-pyrrole nitrogens is 2. The van der Waals surface area contributed by atoms with Crippen molar-refractivity contribution >= 4 is 16.7 Å². The normalized spacial score (nSPS) is 13.1. The molecular weight excluding hydrogens is 336 g/mol. The van der Waals surface area contributed by atoms with Gasteiger partial charge in [-0.25, -0.2) is 14.5 Å². The molecule has 10 nitrogen and oxygen atoms in total. The van der Waals surface area contributed by atoms with Crippen LogP contribution in [0.15, 0.2) is 36.8 Å². The number of ether oxygens (including phenoxy) is 2. The van der Waals surface area contributed by atoms with E-state index in [1.54, 1.807) is 17.0 Å². The van der Waals surface area contributed by atoms with Crippen LogP contribution >= 0.6 is 0 Å². The zero-order valence-electron chi connectivity index (χ0n) is 13.2. The van der Waals surface area contributed by atoms with Gasteiger partial charge >= 0.3 is 0 Å². The molecule has 1 aliphatic heterocycles. The molecule has 26 heavy (non-hydrogen) atoms. The van der Waals surface area contributed by atoms with Gasteiger partial charge in [0.2, 0.25) is 6.79 Å². The van der Waals surface area contributed by atoms with Gasteiger partial charge < -0.3 is 9.47 Å². The van der Waals surface area contributed by atoms with E-state index in [1.165, 1.54) is 0 Å². The van der Waals surface area contributed by atoms with Crippen LogP contribution in [0.4, 0.5) is 0 Å². The second-order valence-electron chi connectivity index (χ2n) is 5.82. The van der Waals surface area contributed by atoms with Crippen LogP contribution in [0.5, 0.6) is 11.5 Å². The van der Waals surface area contributed by atoms with Crippen LogP contribution in [-0.2, 0) is 0 Å². The van der Waals surface area contributed by atoms with Crippen molar-refractivity contribution in [2.24, 2.45) is 0 Å². The van der Waals surface area contributed by atoms with E-state index >= 15 is 0 Å². The van der Waals surface area contributed by atoms with Gasteiger partial charge in [0.05, 0.1) is 17.3 Å². The highest BCUT2D eigenvalue weighted by Gasteiger charge is 2.17. The fraction of sp³-hybridized carbons (Fsp3) is 0.0625. The number of nitrogens with one attached hydrogen (secondary N) is 2. The Morgan fingerprint density at radius 3 is 3.04 bits per heavy atom. The zero-order chi connectivity index (χ0) is 17.1. The van der Waals surface area contributed by atoms with E-state index in [1.807, 2.05) is 24.3 Å². The van der Waals surface area contributed by atoms with Gasteiger partial charge in [-0.15, -0.1) is 5.10 Å². The Bertz CT molecular complexity index is 1280. The lowest BCUT2D eigenvalue weighted by Gasteiger charge is -1.98. The molecule has 0 saturated heterocycles. The standard InChI is InChI=1S/C16H10N8O2/c1-2-12-13(26-7-25-12)3-8(1)10-4-11(21-20-10)15-19-16-9-5-18-22-14(9)17-6-24(16)23-15/h1-6H,7H2,(H,18,22)(H,20,21). The fourth-order valence-electron chi connectivity index (χ4n) is 3.00. The molecule has 0 radical (unpaired) electrons. The molecule has 5 heterocycles. The number of nitrogens with zero attached hydrogens (tertiary/aromatic N) is 6. The van der Waals surface area contributed by atoms with E-state index in [9.17, 15) is 0 Å². The van der Waals surface area contributed by atoms with Crippen molar-refractivity contribution in [2.45, 2.75) is 0 Å². The van der Waals surface area contributed by atoms with Crippen LogP contribution in [-0.4, -0.2) is 46.8 Å². The summed E-state index contributed by atoms with van der Waals surface area (Å²) in [7, 11) is 0. The Morgan fingerprint density at radius 2 is 2.04 bits per heavy atom. The van der Waals surface area contributed by atoms with E-state index < -0.39 is 0 Å². The fourth-order valence-corrected chi connectivity index (χ4v) is 3.00. The third-order valence-electron chi connectivity index (χ3n) is 4.27. The summed E-state index contributed by atoms with van der Waals surface area (Å²) in [5, 5.41) is 19.4. The Morgan fingerprint density at radius 1 is 1.08 bits per heavy atom. The van der Waals surface area contributed by atoms with Crippen LogP contribution in [0.2, 0.25) is 0 Å². The van der Waals surface area contributed by atoms with Crippen molar-refractivity contribution < 1.29 is 9.47 Å². The minimum absolute atomic E-state index is 0.242. The summed E-state index contributed by atoms with van der Waals surface area (Å²) in [4.78, 5) is 8.84. The highest BCUT2D eigenvalue weighted by Crippen LogP contribution is 2.35. The number of aromatic nitrogens is 8. The minimum atomic E-state index is 0.242. The SMILES string of the molecule is c1cc2c(cc1-c1cc(-c3nc4c5cn[nH]c5ncn4n3)[nH]n1)OCO2. The van der Waals surface area contributed by atoms with Crippen molar-refractivity contribution in [3.05, 3.63) is 36.8 Å². The van der Waals surface area contributed by atoms with Crippen molar-refractivity contribution in [1.82, 2.24) is 40.0 Å². The smallest absolute Gasteiger partial charge is 0.231 e.